The number of ether oxygens (including phenoxy) is 6. The minimum absolute atomic E-state index is 0.133. The van der Waals surface area contributed by atoms with Gasteiger partial charge in [-0.25, -0.2) is 0 Å². The molecule has 0 saturated heterocycles. The summed E-state index contributed by atoms with van der Waals surface area (Å²) in [5, 5.41) is 28.0. The first kappa shape index (κ1) is 58.1. The molecule has 0 saturated carbocycles. The van der Waals surface area contributed by atoms with Crippen LogP contribution in [0.5, 0.6) is 0 Å². The van der Waals surface area contributed by atoms with Crippen LogP contribution in [-0.2, 0) is 62.0 Å². The Morgan fingerprint density at radius 2 is 0.893 bits per heavy atom. The van der Waals surface area contributed by atoms with Crippen molar-refractivity contribution in [3.8, 4) is 0 Å². The van der Waals surface area contributed by atoms with Gasteiger partial charge in [0, 0.05) is 0 Å². The number of hydrogen-bond acceptors (Lipinski definition) is 16. The summed E-state index contributed by atoms with van der Waals surface area (Å²) >= 11 is 12.2. The van der Waals surface area contributed by atoms with Gasteiger partial charge in [0.15, 0.2) is 0 Å². The average Bonchev–Trinajstić information content (AvgIpc) is 3.07. The Labute approximate surface area is 360 Å². The number of rotatable bonds is 22. The molecule has 56 heavy (non-hydrogen) atoms. The zero-order valence-corrected chi connectivity index (χ0v) is 39.7. The SMILES string of the molecule is CC(C)(Br)C(=O)O.CC(C)(Br)C(=O)O.CC(COC(=O)C(C)(C)Br)C(=O)OCC(C)(COC(=O)C(C)COC(=O)C(C)(C)Br)C(=O)OCCOCC(CO)N=O. The summed E-state index contributed by atoms with van der Waals surface area (Å²) in [6.07, 6.45) is 0. The normalized spacial score (nSPS) is 14.3. The molecule has 0 fully saturated rings. The molecular formula is C34H55Br4NO17. The van der Waals surface area contributed by atoms with E-state index in [0.29, 0.717) is 0 Å². The van der Waals surface area contributed by atoms with E-state index >= 15 is 0 Å². The summed E-state index contributed by atoms with van der Waals surface area (Å²) in [6.45, 7) is 14.2. The monoisotopic (exact) mass is 1070 g/mol. The van der Waals surface area contributed by atoms with Crippen LogP contribution in [-0.4, -0.2) is 133 Å². The minimum Gasteiger partial charge on any atom is -0.480 e. The van der Waals surface area contributed by atoms with Crippen molar-refractivity contribution in [3.63, 3.8) is 0 Å². The fourth-order valence-corrected chi connectivity index (χ4v) is 2.72. The van der Waals surface area contributed by atoms with Crippen LogP contribution in [0.2, 0.25) is 0 Å². The van der Waals surface area contributed by atoms with Crippen LogP contribution in [0.1, 0.15) is 76.2 Å². The van der Waals surface area contributed by atoms with E-state index in [4.69, 9.17) is 43.7 Å². The van der Waals surface area contributed by atoms with Gasteiger partial charge in [0.1, 0.15) is 61.8 Å². The Morgan fingerprint density at radius 1 is 0.554 bits per heavy atom. The molecule has 3 atom stereocenters. The van der Waals surface area contributed by atoms with E-state index in [-0.39, 0.29) is 33.0 Å². The van der Waals surface area contributed by atoms with Crippen molar-refractivity contribution in [2.45, 2.75) is 99.5 Å². The quantitative estimate of drug-likeness (QED) is 0.0425. The van der Waals surface area contributed by atoms with Crippen LogP contribution < -0.4 is 0 Å². The highest BCUT2D eigenvalue weighted by atomic mass is 79.9. The first-order valence-electron chi connectivity index (χ1n) is 16.8. The van der Waals surface area contributed by atoms with Crippen LogP contribution in [0.3, 0.4) is 0 Å². The van der Waals surface area contributed by atoms with E-state index in [1.165, 1.54) is 20.8 Å². The molecule has 0 amide bonds. The number of carboxylic acids is 2. The number of carbonyl (C=O) groups is 7. The highest BCUT2D eigenvalue weighted by molar-refractivity contribution is 9.10. The summed E-state index contributed by atoms with van der Waals surface area (Å²) in [5.41, 5.74) is -1.66. The first-order chi connectivity index (χ1) is 25.2. The maximum absolute atomic E-state index is 13.0. The van der Waals surface area contributed by atoms with Gasteiger partial charge in [0.2, 0.25) is 0 Å². The molecule has 0 aliphatic carbocycles. The molecule has 0 aromatic heterocycles. The Bertz CT molecular complexity index is 1230. The van der Waals surface area contributed by atoms with Crippen molar-refractivity contribution in [2.75, 3.05) is 52.9 Å². The summed E-state index contributed by atoms with van der Waals surface area (Å²) in [6, 6.07) is -0.964. The van der Waals surface area contributed by atoms with Crippen molar-refractivity contribution in [1.82, 2.24) is 0 Å². The molecule has 22 heteroatoms. The van der Waals surface area contributed by atoms with Crippen molar-refractivity contribution in [3.05, 3.63) is 4.91 Å². The number of carbonyl (C=O) groups excluding carboxylic acids is 5. The molecule has 0 aromatic rings. The predicted octanol–water partition coefficient (Wildman–Crippen LogP) is 4.96. The zero-order valence-electron chi connectivity index (χ0n) is 33.4. The molecule has 0 aromatic carbocycles. The number of nitrogens with zero attached hydrogens (tertiary/aromatic N) is 1. The third-order valence-corrected chi connectivity index (χ3v) is 7.74. The van der Waals surface area contributed by atoms with Crippen LogP contribution in [0, 0.1) is 22.2 Å². The standard InChI is InChI=1S/C26H41Br2NO13.2C4H7BrO2/c1-16(11-39-21(33)24(3,4)27)19(31)41-14-26(7,23(35)38-9-8-37-13-18(10-30)29-36)15-42-20(32)17(2)12-40-22(34)25(5,6)28;2*1-4(2,5)3(6)7/h16-18,30H,8-15H2,1-7H3;2*1-2H3,(H,6,7). The van der Waals surface area contributed by atoms with Gasteiger partial charge in [-0.1, -0.05) is 68.9 Å². The number of aliphatic carboxylic acids is 2. The lowest BCUT2D eigenvalue weighted by molar-refractivity contribution is -0.174. The largest absolute Gasteiger partial charge is 0.480 e. The molecule has 0 radical (unpaired) electrons. The lowest BCUT2D eigenvalue weighted by Crippen LogP contribution is -2.42. The second-order valence-corrected chi connectivity index (χ2v) is 22.4. The smallest absolute Gasteiger partial charge is 0.322 e. The topological polar surface area (TPSA) is 265 Å². The average molecular weight is 1070 g/mol. The van der Waals surface area contributed by atoms with Crippen LogP contribution in [0.25, 0.3) is 0 Å². The van der Waals surface area contributed by atoms with E-state index in [0.717, 1.165) is 0 Å². The van der Waals surface area contributed by atoms with E-state index < -0.39 is 102 Å². The van der Waals surface area contributed by atoms with E-state index in [1.54, 1.807) is 55.4 Å². The molecule has 3 N–H and O–H groups in total. The van der Waals surface area contributed by atoms with Gasteiger partial charge >= 0.3 is 41.8 Å². The number of halogens is 4. The molecule has 18 nitrogen and oxygen atoms in total. The van der Waals surface area contributed by atoms with Crippen molar-refractivity contribution >= 4 is 106 Å². The highest BCUT2D eigenvalue weighted by Crippen LogP contribution is 2.23. The maximum atomic E-state index is 13.0. The third-order valence-electron chi connectivity index (χ3n) is 6.41. The molecule has 0 bridgehead atoms. The van der Waals surface area contributed by atoms with Gasteiger partial charge < -0.3 is 43.7 Å². The number of carboxylic acid groups (broad SMARTS) is 2. The molecule has 0 aliphatic rings. The van der Waals surface area contributed by atoms with Gasteiger partial charge in [-0.05, 0) is 76.2 Å². The van der Waals surface area contributed by atoms with Gasteiger partial charge in [0.25, 0.3) is 0 Å². The molecule has 0 spiro atoms. The van der Waals surface area contributed by atoms with Crippen molar-refractivity contribution < 1.29 is 77.3 Å². The number of esters is 5. The lowest BCUT2D eigenvalue weighted by atomic mass is 9.93. The van der Waals surface area contributed by atoms with E-state index in [1.807, 2.05) is 0 Å². The predicted molar refractivity (Wildman–Crippen MR) is 216 cm³/mol. The minimum atomic E-state index is -1.66. The molecule has 3 unspecified atom stereocenters. The lowest BCUT2D eigenvalue weighted by Gasteiger charge is -2.27. The molecule has 0 rings (SSSR count). The number of alkyl halides is 4. The molecular weight excluding hydrogens is 1010 g/mol. The summed E-state index contributed by atoms with van der Waals surface area (Å²) in [4.78, 5) is 92.4. The number of aliphatic hydroxyl groups is 1. The third kappa shape index (κ3) is 27.4. The Balaban J connectivity index is -0.00000168. The molecule has 0 heterocycles. The maximum Gasteiger partial charge on any atom is 0.322 e. The number of aliphatic hydroxyl groups excluding tert-OH is 1. The van der Waals surface area contributed by atoms with Gasteiger partial charge in [0.05, 0.1) is 31.7 Å². The molecule has 326 valence electrons. The zero-order chi connectivity index (χ0) is 44.9. The Morgan fingerprint density at radius 3 is 1.16 bits per heavy atom. The van der Waals surface area contributed by atoms with Gasteiger partial charge in [-0.3, -0.25) is 33.6 Å². The number of nitroso groups, excluding NO2 is 1. The number of hydrogen-bond donors (Lipinski definition) is 3. The second-order valence-electron chi connectivity index (χ2n) is 14.4. The highest BCUT2D eigenvalue weighted by Gasteiger charge is 2.40. The first-order valence-corrected chi connectivity index (χ1v) is 19.9. The van der Waals surface area contributed by atoms with Crippen molar-refractivity contribution in [1.29, 1.82) is 0 Å². The Hall–Kier alpha value is -2.27. The molecule has 0 aliphatic heterocycles. The second kappa shape index (κ2) is 26.7. The van der Waals surface area contributed by atoms with Crippen LogP contribution in [0.4, 0.5) is 0 Å². The van der Waals surface area contributed by atoms with Crippen LogP contribution in [0.15, 0.2) is 5.18 Å². The van der Waals surface area contributed by atoms with Gasteiger partial charge in [-0.2, -0.15) is 4.91 Å². The van der Waals surface area contributed by atoms with Gasteiger partial charge in [-0.15, -0.1) is 0 Å². The van der Waals surface area contributed by atoms with Crippen LogP contribution >= 0.6 is 63.7 Å². The van der Waals surface area contributed by atoms with E-state index in [9.17, 15) is 38.5 Å². The van der Waals surface area contributed by atoms with Crippen molar-refractivity contribution in [2.24, 2.45) is 22.4 Å². The van der Waals surface area contributed by atoms with E-state index in [2.05, 4.69) is 68.9 Å². The fraction of sp³-hybridized carbons (Fsp3) is 0.794. The summed E-state index contributed by atoms with van der Waals surface area (Å²) in [7, 11) is 0. The summed E-state index contributed by atoms with van der Waals surface area (Å²) < 4.78 is 27.7. The Kier molecular flexibility index (Phi) is 27.7. The summed E-state index contributed by atoms with van der Waals surface area (Å²) in [5.74, 6) is -7.05. The fourth-order valence-electron chi connectivity index (χ4n) is 2.49.